The highest BCUT2D eigenvalue weighted by atomic mass is 16.6. The first-order valence-corrected chi connectivity index (χ1v) is 8.98. The van der Waals surface area contributed by atoms with Crippen molar-refractivity contribution in [1.82, 2.24) is 30.7 Å². The fourth-order valence-corrected chi connectivity index (χ4v) is 2.78. The molecule has 0 unspecified atom stereocenters. The molecule has 0 aliphatic rings. The summed E-state index contributed by atoms with van der Waals surface area (Å²) in [7, 11) is 3.10. The zero-order chi connectivity index (χ0) is 21.8. The largest absolute Gasteiger partial charge is 0.493 e. The molecular weight excluding hydrogens is 392 g/mol. The highest BCUT2D eigenvalue weighted by Gasteiger charge is 2.25. The maximum atomic E-state index is 12.7. The van der Waals surface area contributed by atoms with Crippen LogP contribution in [0.5, 0.6) is 11.5 Å². The number of hydrazone groups is 1. The number of nitrogens with zero attached hydrogens (tertiary/aromatic N) is 6. The van der Waals surface area contributed by atoms with Crippen LogP contribution >= 0.6 is 0 Å². The number of amides is 1. The molecule has 0 atom stereocenters. The van der Waals surface area contributed by atoms with E-state index < -0.39 is 5.91 Å². The van der Waals surface area contributed by atoms with Gasteiger partial charge in [0.05, 0.1) is 25.6 Å². The molecular formula is C18H22N8O4. The molecule has 0 bridgehead atoms. The Morgan fingerprint density at radius 2 is 1.97 bits per heavy atom. The summed E-state index contributed by atoms with van der Waals surface area (Å²) in [5.74, 6) is 0.705. The zero-order valence-corrected chi connectivity index (χ0v) is 17.2. The number of ether oxygens (including phenoxy) is 2. The quantitative estimate of drug-likeness (QED) is 0.432. The van der Waals surface area contributed by atoms with Crippen LogP contribution in [0.4, 0.5) is 5.82 Å². The van der Waals surface area contributed by atoms with Crippen LogP contribution in [0.3, 0.4) is 0 Å². The number of benzene rings is 1. The maximum absolute atomic E-state index is 12.7. The van der Waals surface area contributed by atoms with Gasteiger partial charge in [-0.3, -0.25) is 4.79 Å². The normalized spacial score (nSPS) is 11.6. The molecule has 158 valence electrons. The molecule has 30 heavy (non-hydrogen) atoms. The van der Waals surface area contributed by atoms with E-state index in [1.807, 2.05) is 19.9 Å². The van der Waals surface area contributed by atoms with Gasteiger partial charge in [0.1, 0.15) is 0 Å². The molecule has 12 nitrogen and oxygen atoms in total. The molecule has 0 aliphatic heterocycles. The Bertz CT molecular complexity index is 1090. The Kier molecular flexibility index (Phi) is 5.95. The van der Waals surface area contributed by atoms with Gasteiger partial charge in [0.2, 0.25) is 11.6 Å². The number of nitrogens with two attached hydrogens (primary N) is 1. The van der Waals surface area contributed by atoms with E-state index >= 15 is 0 Å². The summed E-state index contributed by atoms with van der Waals surface area (Å²) in [6, 6.07) is 5.33. The number of methoxy groups -OCH3 is 2. The number of carbonyl (C=O) groups is 1. The highest BCUT2D eigenvalue weighted by Crippen LogP contribution is 2.28. The first-order valence-electron chi connectivity index (χ1n) is 8.98. The lowest BCUT2D eigenvalue weighted by Crippen LogP contribution is -2.22. The van der Waals surface area contributed by atoms with Gasteiger partial charge in [0.15, 0.2) is 17.2 Å². The number of nitrogen functional groups attached to an aromatic ring is 1. The second-order valence-electron chi connectivity index (χ2n) is 6.57. The van der Waals surface area contributed by atoms with Crippen LogP contribution in [0, 0.1) is 0 Å². The summed E-state index contributed by atoms with van der Waals surface area (Å²) in [6.45, 7) is 5.52. The third kappa shape index (κ3) is 3.92. The molecule has 0 saturated carbocycles. The predicted octanol–water partition coefficient (Wildman–Crippen LogP) is 1.53. The molecule has 1 aromatic carbocycles. The third-order valence-electron chi connectivity index (χ3n) is 4.29. The monoisotopic (exact) mass is 414 g/mol. The fourth-order valence-electron chi connectivity index (χ4n) is 2.78. The molecule has 0 aliphatic carbocycles. The van der Waals surface area contributed by atoms with Crippen molar-refractivity contribution >= 4 is 17.4 Å². The number of aromatic nitrogens is 5. The molecule has 0 fully saturated rings. The first-order chi connectivity index (χ1) is 14.4. The fraction of sp³-hybridized carbons (Fsp3) is 0.333. The lowest BCUT2D eigenvalue weighted by Gasteiger charge is -2.10. The molecule has 0 spiro atoms. The van der Waals surface area contributed by atoms with E-state index in [0.717, 1.165) is 5.56 Å². The minimum atomic E-state index is -0.528. The van der Waals surface area contributed by atoms with Crippen molar-refractivity contribution in [1.29, 1.82) is 0 Å². The van der Waals surface area contributed by atoms with Gasteiger partial charge in [-0.1, -0.05) is 19.1 Å². The molecule has 0 radical (unpaired) electrons. The summed E-state index contributed by atoms with van der Waals surface area (Å²) < 4.78 is 16.5. The van der Waals surface area contributed by atoms with Gasteiger partial charge in [0.25, 0.3) is 5.91 Å². The second kappa shape index (κ2) is 8.59. The van der Waals surface area contributed by atoms with Crippen LogP contribution in [0.1, 0.15) is 48.4 Å². The standard InChI is InChI=1S/C18H22N8O4/c1-9(2)15-14(21-25-26(15)17-16(19)23-30-24-17)18(27)22-20-10(3)11-6-7-12(28-4)13(8-11)29-5/h6-9H,1-5H3,(H2,19,23)(H,22,27). The van der Waals surface area contributed by atoms with E-state index in [-0.39, 0.29) is 23.2 Å². The number of nitrogens with one attached hydrogen (secondary N) is 1. The summed E-state index contributed by atoms with van der Waals surface area (Å²) in [4.78, 5) is 12.7. The van der Waals surface area contributed by atoms with Gasteiger partial charge in [-0.15, -0.1) is 5.10 Å². The first kappa shape index (κ1) is 20.8. The van der Waals surface area contributed by atoms with Crippen LogP contribution in [0.25, 0.3) is 5.82 Å². The summed E-state index contributed by atoms with van der Waals surface area (Å²) in [5.41, 5.74) is 10.1. The van der Waals surface area contributed by atoms with Gasteiger partial charge in [-0.05, 0) is 41.4 Å². The molecule has 2 heterocycles. The Morgan fingerprint density at radius 1 is 1.23 bits per heavy atom. The van der Waals surface area contributed by atoms with Crippen molar-refractivity contribution in [3.8, 4) is 17.3 Å². The lowest BCUT2D eigenvalue weighted by atomic mass is 10.1. The SMILES string of the molecule is COc1ccc(C(C)=NNC(=O)c2nnn(-c3nonc3N)c2C(C)C)cc1OC. The Hall–Kier alpha value is -3.96. The molecule has 0 saturated heterocycles. The van der Waals surface area contributed by atoms with Gasteiger partial charge in [-0.2, -0.15) is 9.78 Å². The summed E-state index contributed by atoms with van der Waals surface area (Å²) >= 11 is 0. The van der Waals surface area contributed by atoms with Crippen molar-refractivity contribution < 1.29 is 18.9 Å². The van der Waals surface area contributed by atoms with Gasteiger partial charge in [0, 0.05) is 5.56 Å². The number of anilines is 1. The van der Waals surface area contributed by atoms with Crippen molar-refractivity contribution in [2.24, 2.45) is 5.10 Å². The van der Waals surface area contributed by atoms with Crippen LogP contribution in [-0.2, 0) is 0 Å². The lowest BCUT2D eigenvalue weighted by molar-refractivity contribution is 0.0948. The zero-order valence-electron chi connectivity index (χ0n) is 17.2. The average molecular weight is 414 g/mol. The number of hydrogen-bond acceptors (Lipinski definition) is 10. The van der Waals surface area contributed by atoms with E-state index in [4.69, 9.17) is 15.2 Å². The average Bonchev–Trinajstić information content (AvgIpc) is 3.37. The van der Waals surface area contributed by atoms with Gasteiger partial charge in [-0.25, -0.2) is 10.1 Å². The Labute approximate surface area is 172 Å². The van der Waals surface area contributed by atoms with Crippen LogP contribution in [0.15, 0.2) is 27.9 Å². The van der Waals surface area contributed by atoms with E-state index in [2.05, 4.69) is 35.8 Å². The van der Waals surface area contributed by atoms with Crippen molar-refractivity contribution in [3.63, 3.8) is 0 Å². The third-order valence-corrected chi connectivity index (χ3v) is 4.29. The number of rotatable bonds is 7. The topological polar surface area (TPSA) is 156 Å². The van der Waals surface area contributed by atoms with Crippen LogP contribution in [-0.4, -0.2) is 51.1 Å². The van der Waals surface area contributed by atoms with E-state index in [9.17, 15) is 4.79 Å². The summed E-state index contributed by atoms with van der Waals surface area (Å²) in [6.07, 6.45) is 0. The number of carbonyl (C=O) groups excluding carboxylic acids is 1. The van der Waals surface area contributed by atoms with Crippen molar-refractivity contribution in [2.45, 2.75) is 26.7 Å². The molecule has 3 rings (SSSR count). The molecule has 1 amide bonds. The summed E-state index contributed by atoms with van der Waals surface area (Å²) in [5, 5.41) is 19.3. The van der Waals surface area contributed by atoms with Crippen LogP contribution in [0.2, 0.25) is 0 Å². The van der Waals surface area contributed by atoms with Gasteiger partial charge >= 0.3 is 0 Å². The van der Waals surface area contributed by atoms with Crippen LogP contribution < -0.4 is 20.6 Å². The highest BCUT2D eigenvalue weighted by molar-refractivity contribution is 6.01. The second-order valence-corrected chi connectivity index (χ2v) is 6.57. The molecule has 2 aromatic heterocycles. The van der Waals surface area contributed by atoms with E-state index in [0.29, 0.717) is 22.9 Å². The maximum Gasteiger partial charge on any atom is 0.293 e. The van der Waals surface area contributed by atoms with Crippen molar-refractivity contribution in [3.05, 3.63) is 35.2 Å². The molecule has 3 aromatic rings. The Balaban J connectivity index is 1.86. The molecule has 12 heteroatoms. The smallest absolute Gasteiger partial charge is 0.293 e. The minimum Gasteiger partial charge on any atom is -0.493 e. The number of hydrogen-bond donors (Lipinski definition) is 2. The minimum absolute atomic E-state index is 0.0380. The molecule has 3 N–H and O–H groups in total. The predicted molar refractivity (Wildman–Crippen MR) is 107 cm³/mol. The van der Waals surface area contributed by atoms with E-state index in [1.165, 1.54) is 4.68 Å². The van der Waals surface area contributed by atoms with E-state index in [1.54, 1.807) is 33.3 Å². The van der Waals surface area contributed by atoms with Crippen molar-refractivity contribution in [2.75, 3.05) is 20.0 Å². The Morgan fingerprint density at radius 3 is 2.57 bits per heavy atom. The van der Waals surface area contributed by atoms with Gasteiger partial charge < -0.3 is 15.2 Å².